The number of hydrogen-bond acceptors (Lipinski definition) is 13. The minimum Gasteiger partial charge on any atom is -0.304 e. The molecule has 0 saturated carbocycles. The molecule has 20 nitrogen and oxygen atoms in total. The average molecular weight is 1320 g/mol. The topological polar surface area (TPSA) is 198 Å². The van der Waals surface area contributed by atoms with Crippen LogP contribution in [0, 0.1) is 48.5 Å². The van der Waals surface area contributed by atoms with E-state index in [0.29, 0.717) is 0 Å². The molecule has 20 heteroatoms. The molecule has 0 spiro atoms. The number of imidazole rings is 7. The van der Waals surface area contributed by atoms with Gasteiger partial charge in [-0.05, 0) is 109 Å². The zero-order valence-electron chi connectivity index (χ0n) is 63.6. The van der Waals surface area contributed by atoms with E-state index in [-0.39, 0.29) is 37.9 Å². The highest BCUT2D eigenvalue weighted by atomic mass is 15.3. The normalized spacial score (nSPS) is 12.3. The largest absolute Gasteiger partial charge is 0.304 e. The fourth-order valence-corrected chi connectivity index (χ4v) is 11.8. The lowest BCUT2D eigenvalue weighted by molar-refractivity contribution is 0.546. The van der Waals surface area contributed by atoms with Crippen molar-refractivity contribution in [1.29, 1.82) is 0 Å². The summed E-state index contributed by atoms with van der Waals surface area (Å²) in [6.07, 6.45) is 22.7. The van der Waals surface area contributed by atoms with Crippen LogP contribution in [0.25, 0.3) is 39.5 Å². The predicted octanol–water partition coefficient (Wildman–Crippen LogP) is 17.0. The maximum atomic E-state index is 4.64. The van der Waals surface area contributed by atoms with Gasteiger partial charge in [0, 0.05) is 111 Å². The fraction of sp³-hybridized carbons (Fsp3) is 0.449. The van der Waals surface area contributed by atoms with E-state index in [1.807, 2.05) is 157 Å². The predicted molar refractivity (Wildman–Crippen MR) is 397 cm³/mol. The van der Waals surface area contributed by atoms with Crippen molar-refractivity contribution >= 4 is 39.5 Å². The van der Waals surface area contributed by atoms with Gasteiger partial charge in [-0.25, -0.2) is 52.9 Å². The molecule has 0 aliphatic heterocycles. The van der Waals surface area contributed by atoms with E-state index in [0.717, 1.165) is 96.3 Å². The molecule has 0 aliphatic carbocycles. The van der Waals surface area contributed by atoms with Crippen molar-refractivity contribution in [3.05, 3.63) is 215 Å². The minimum atomic E-state index is 0.0420. The van der Waals surface area contributed by atoms with Gasteiger partial charge in [0.05, 0.1) is 75.0 Å². The highest BCUT2D eigenvalue weighted by molar-refractivity contribution is 5.51. The average Bonchev–Trinajstić information content (AvgIpc) is 1.62. The van der Waals surface area contributed by atoms with Crippen LogP contribution in [0.2, 0.25) is 0 Å². The number of fused-ring (bicyclic) bond motifs is 7. The molecule has 518 valence electrons. The van der Waals surface area contributed by atoms with Crippen molar-refractivity contribution in [2.45, 2.75) is 232 Å². The summed E-state index contributed by atoms with van der Waals surface area (Å²) in [4.78, 5) is 39.7. The second-order valence-corrected chi connectivity index (χ2v) is 32.5. The first-order valence-electron chi connectivity index (χ1n) is 33.7. The third-order valence-corrected chi connectivity index (χ3v) is 16.1. The number of aromatic nitrogens is 20. The third-order valence-electron chi connectivity index (χ3n) is 16.1. The Kier molecular flexibility index (Phi) is 21.6. The van der Waals surface area contributed by atoms with Crippen molar-refractivity contribution in [3.63, 3.8) is 0 Å². The van der Waals surface area contributed by atoms with Crippen molar-refractivity contribution in [3.8, 4) is 0 Å². The van der Waals surface area contributed by atoms with Gasteiger partial charge in [0.1, 0.15) is 5.65 Å². The van der Waals surface area contributed by atoms with E-state index in [2.05, 4.69) is 246 Å². The smallest absolute Gasteiger partial charge is 0.159 e. The number of rotatable bonds is 0. The minimum absolute atomic E-state index is 0.0420. The third kappa shape index (κ3) is 17.4. The van der Waals surface area contributed by atoms with Crippen LogP contribution in [0.3, 0.4) is 0 Å². The zero-order chi connectivity index (χ0) is 72.4. The molecule has 0 N–H and O–H groups in total. The van der Waals surface area contributed by atoms with E-state index in [1.54, 1.807) is 23.1 Å². The summed E-state index contributed by atoms with van der Waals surface area (Å²) >= 11 is 0. The Labute approximate surface area is 579 Å². The van der Waals surface area contributed by atoms with Crippen LogP contribution in [-0.2, 0) is 37.9 Å². The van der Waals surface area contributed by atoms with Crippen LogP contribution in [0.4, 0.5) is 0 Å². The quantitative estimate of drug-likeness (QED) is 0.139. The SMILES string of the molecule is CC(C)(C)c1ccc2nccn2n1.CC(C)(C)c1cnc2ccccn12.CC(C)(C)c1cnc2cccnn12.Cc1cn2ccnc(C(C)(C)C)c2n1.Cc1cnn2c(C(C)(C)C)c(C)nc2c1.Cc1nc2c(C)ncc(C)n2c1C(C)(C)C.Cc1nc2cccnn2c1C(C)(C)C. The molecule has 14 rings (SSSR count). The lowest BCUT2D eigenvalue weighted by Gasteiger charge is -2.20. The number of pyridine rings is 1. The van der Waals surface area contributed by atoms with Gasteiger partial charge in [-0.2, -0.15) is 20.4 Å². The van der Waals surface area contributed by atoms with Crippen LogP contribution in [0.15, 0.2) is 135 Å². The second kappa shape index (κ2) is 28.5. The molecule has 0 radical (unpaired) electrons. The lowest BCUT2D eigenvalue weighted by atomic mass is 9.90. The molecule has 0 atom stereocenters. The Bertz CT molecular complexity index is 4920. The number of nitrogens with zero attached hydrogens (tertiary/aromatic N) is 20. The van der Waals surface area contributed by atoms with E-state index in [9.17, 15) is 0 Å². The maximum absolute atomic E-state index is 4.64. The van der Waals surface area contributed by atoms with E-state index < -0.39 is 0 Å². The summed E-state index contributed by atoms with van der Waals surface area (Å²) in [5.74, 6) is 0. The van der Waals surface area contributed by atoms with Crippen molar-refractivity contribution < 1.29 is 0 Å². The van der Waals surface area contributed by atoms with E-state index >= 15 is 0 Å². The van der Waals surface area contributed by atoms with Gasteiger partial charge in [-0.15, -0.1) is 0 Å². The standard InChI is InChI=1S/C13H19N3.C12H17N3.2C11H15N3.C11H14N2.2C10H13N3/c1-8-7-14-10(3)12-15-9(2)11(16(8)12)13(4,5)6;1-8-6-10-14-9(2)11(12(3,4)5)15(10)13-7-8;1-8-7-14-6-5-12-9(10(14)13-8)11(2,3)4;1-8-10(11(2,3)4)14-9(13-8)6-5-7-12-14;1-11(2,3)9-8-12-10-6-4-5-7-13(9)10;1-10(2,3)8-4-5-9-11-6-7-13(9)12-8;1-10(2,3)8-7-11-9-5-4-6-12-13(8)9/h7H,1-6H3;6-7H,1-5H3;2*5-7H,1-4H3;4-8H,1-3H3;2*4-7H,1-3H3. The summed E-state index contributed by atoms with van der Waals surface area (Å²) in [7, 11) is 0. The first-order chi connectivity index (χ1) is 45.4. The van der Waals surface area contributed by atoms with Gasteiger partial charge in [0.25, 0.3) is 0 Å². The lowest BCUT2D eigenvalue weighted by Crippen LogP contribution is -2.17. The monoisotopic (exact) mass is 1320 g/mol. The van der Waals surface area contributed by atoms with Crippen molar-refractivity contribution in [1.82, 2.24) is 96.5 Å². The molecule has 14 heterocycles. The van der Waals surface area contributed by atoms with Gasteiger partial charge >= 0.3 is 0 Å². The van der Waals surface area contributed by atoms with Gasteiger partial charge in [0.15, 0.2) is 33.9 Å². The molecular weight excluding hydrogens is 1220 g/mol. The van der Waals surface area contributed by atoms with Crippen molar-refractivity contribution in [2.24, 2.45) is 0 Å². The summed E-state index contributed by atoms with van der Waals surface area (Å²) in [6.45, 7) is 60.0. The molecule has 0 amide bonds. The van der Waals surface area contributed by atoms with E-state index in [1.165, 1.54) is 22.8 Å². The highest BCUT2D eigenvalue weighted by Crippen LogP contribution is 2.31. The molecule has 0 aromatic carbocycles. The van der Waals surface area contributed by atoms with Gasteiger partial charge in [-0.1, -0.05) is 151 Å². The van der Waals surface area contributed by atoms with Crippen molar-refractivity contribution in [2.75, 3.05) is 0 Å². The van der Waals surface area contributed by atoms with E-state index in [4.69, 9.17) is 0 Å². The number of hydrogen-bond donors (Lipinski definition) is 0. The molecule has 98 heavy (non-hydrogen) atoms. The summed E-state index contributed by atoms with van der Waals surface area (Å²) in [6, 6.07) is 19.9. The summed E-state index contributed by atoms with van der Waals surface area (Å²) in [5, 5.41) is 17.5. The molecule has 0 saturated heterocycles. The fourth-order valence-electron chi connectivity index (χ4n) is 11.8. The molecule has 0 bridgehead atoms. The molecular formula is C78H106N20. The van der Waals surface area contributed by atoms with Gasteiger partial charge < -0.3 is 8.80 Å². The Hall–Kier alpha value is -9.59. The maximum Gasteiger partial charge on any atom is 0.159 e. The zero-order valence-corrected chi connectivity index (χ0v) is 63.6. The summed E-state index contributed by atoms with van der Waals surface area (Å²) in [5.41, 5.74) is 23.0. The molecule has 0 aliphatic rings. The molecule has 14 aromatic heterocycles. The second-order valence-electron chi connectivity index (χ2n) is 32.5. The van der Waals surface area contributed by atoms with Crippen LogP contribution in [0.1, 0.15) is 225 Å². The molecule has 14 aromatic rings. The first kappa shape index (κ1) is 74.2. The number of aryl methyl sites for hydroxylation is 7. The Morgan fingerprint density at radius 2 is 0.908 bits per heavy atom. The Morgan fingerprint density at radius 3 is 1.51 bits per heavy atom. The molecule has 0 unspecified atom stereocenters. The highest BCUT2D eigenvalue weighted by Gasteiger charge is 2.27. The van der Waals surface area contributed by atoms with Crippen LogP contribution in [0.5, 0.6) is 0 Å². The van der Waals surface area contributed by atoms with Crippen LogP contribution < -0.4 is 0 Å². The first-order valence-corrected chi connectivity index (χ1v) is 33.7. The Balaban J connectivity index is 0.000000146. The van der Waals surface area contributed by atoms with Gasteiger partial charge in [-0.3, -0.25) is 14.4 Å². The van der Waals surface area contributed by atoms with Crippen LogP contribution in [-0.4, -0.2) is 96.5 Å². The Morgan fingerprint density at radius 1 is 0.357 bits per heavy atom. The van der Waals surface area contributed by atoms with Crippen LogP contribution >= 0.6 is 0 Å². The summed E-state index contributed by atoms with van der Waals surface area (Å²) < 4.78 is 14.0. The van der Waals surface area contributed by atoms with Gasteiger partial charge in [0.2, 0.25) is 0 Å². The molecule has 0 fully saturated rings.